The molecule has 4 rings (SSSR count). The number of nitrogens with two attached hydrogens (primary N) is 1. The molecule has 196 valence electrons. The summed E-state index contributed by atoms with van der Waals surface area (Å²) in [4.78, 5) is 23.9. The number of carbonyl (C=O) groups excluding carboxylic acids is 2. The molecular weight excluding hydrogens is 468 g/mol. The van der Waals surface area contributed by atoms with E-state index in [9.17, 15) is 9.59 Å². The SMILES string of the molecule is NC(=O)CCCCCC(Cc1ccc(CC(=O)NCCc2ccccc2)c2ccccc12)c1ccccc1. The van der Waals surface area contributed by atoms with Crippen LogP contribution >= 0.6 is 0 Å². The van der Waals surface area contributed by atoms with Crippen molar-refractivity contribution in [3.05, 3.63) is 119 Å². The zero-order chi connectivity index (χ0) is 26.6. The number of hydrogen-bond acceptors (Lipinski definition) is 2. The molecule has 0 saturated carbocycles. The van der Waals surface area contributed by atoms with E-state index in [0.29, 0.717) is 25.3 Å². The van der Waals surface area contributed by atoms with E-state index >= 15 is 0 Å². The number of carbonyl (C=O) groups is 2. The van der Waals surface area contributed by atoms with Crippen molar-refractivity contribution in [1.82, 2.24) is 5.32 Å². The summed E-state index contributed by atoms with van der Waals surface area (Å²) in [5, 5.41) is 5.45. The van der Waals surface area contributed by atoms with Crippen LogP contribution in [-0.4, -0.2) is 18.4 Å². The highest BCUT2D eigenvalue weighted by Crippen LogP contribution is 2.31. The summed E-state index contributed by atoms with van der Waals surface area (Å²) in [6.07, 6.45) is 6.57. The first-order chi connectivity index (χ1) is 18.6. The quantitative estimate of drug-likeness (QED) is 0.192. The van der Waals surface area contributed by atoms with Gasteiger partial charge in [0.25, 0.3) is 0 Å². The van der Waals surface area contributed by atoms with Crippen LogP contribution in [0.5, 0.6) is 0 Å². The molecule has 4 aromatic rings. The third-order valence-corrected chi connectivity index (χ3v) is 7.25. The average Bonchev–Trinajstić information content (AvgIpc) is 2.94. The zero-order valence-corrected chi connectivity index (χ0v) is 22.1. The summed E-state index contributed by atoms with van der Waals surface area (Å²) >= 11 is 0. The molecule has 0 bridgehead atoms. The fraction of sp³-hybridized carbons (Fsp3) is 0.294. The fourth-order valence-electron chi connectivity index (χ4n) is 5.23. The molecule has 38 heavy (non-hydrogen) atoms. The number of rotatable bonds is 14. The van der Waals surface area contributed by atoms with E-state index in [1.165, 1.54) is 22.1 Å². The molecule has 0 spiro atoms. The minimum atomic E-state index is -0.221. The van der Waals surface area contributed by atoms with Crippen LogP contribution in [0.2, 0.25) is 0 Å². The van der Waals surface area contributed by atoms with E-state index in [4.69, 9.17) is 5.73 Å². The van der Waals surface area contributed by atoms with Crippen molar-refractivity contribution < 1.29 is 9.59 Å². The Morgan fingerprint density at radius 3 is 2.05 bits per heavy atom. The molecule has 1 unspecified atom stereocenters. The van der Waals surface area contributed by atoms with Gasteiger partial charge in [0.05, 0.1) is 6.42 Å². The molecule has 4 nitrogen and oxygen atoms in total. The Kier molecular flexibility index (Phi) is 10.1. The summed E-state index contributed by atoms with van der Waals surface area (Å²) in [5.74, 6) is 0.221. The van der Waals surface area contributed by atoms with Gasteiger partial charge >= 0.3 is 0 Å². The number of amides is 2. The van der Waals surface area contributed by atoms with Crippen LogP contribution < -0.4 is 11.1 Å². The van der Waals surface area contributed by atoms with Gasteiger partial charge in [-0.2, -0.15) is 0 Å². The monoisotopic (exact) mass is 506 g/mol. The lowest BCUT2D eigenvalue weighted by molar-refractivity contribution is -0.120. The van der Waals surface area contributed by atoms with Crippen LogP contribution in [0.25, 0.3) is 10.8 Å². The summed E-state index contributed by atoms with van der Waals surface area (Å²) in [7, 11) is 0. The summed E-state index contributed by atoms with van der Waals surface area (Å²) in [6, 6.07) is 33.7. The molecule has 0 aromatic heterocycles. The van der Waals surface area contributed by atoms with Gasteiger partial charge in [0.15, 0.2) is 0 Å². The number of fused-ring (bicyclic) bond motifs is 1. The van der Waals surface area contributed by atoms with E-state index in [-0.39, 0.29) is 11.8 Å². The second-order valence-corrected chi connectivity index (χ2v) is 10.1. The molecule has 0 aliphatic rings. The molecule has 1 atom stereocenters. The molecule has 4 heteroatoms. The molecule has 0 fully saturated rings. The van der Waals surface area contributed by atoms with Crippen LogP contribution in [0.15, 0.2) is 97.1 Å². The van der Waals surface area contributed by atoms with Gasteiger partial charge in [-0.3, -0.25) is 9.59 Å². The van der Waals surface area contributed by atoms with Gasteiger partial charge in [0, 0.05) is 13.0 Å². The van der Waals surface area contributed by atoms with E-state index < -0.39 is 0 Å². The molecule has 0 radical (unpaired) electrons. The molecular formula is C34H38N2O2. The Labute approximate surface area is 226 Å². The van der Waals surface area contributed by atoms with Crippen molar-refractivity contribution >= 4 is 22.6 Å². The Hall–Kier alpha value is -3.92. The zero-order valence-electron chi connectivity index (χ0n) is 22.1. The van der Waals surface area contributed by atoms with Crippen molar-refractivity contribution in [2.24, 2.45) is 5.73 Å². The van der Waals surface area contributed by atoms with Crippen LogP contribution in [0, 0.1) is 0 Å². The van der Waals surface area contributed by atoms with Gasteiger partial charge in [0.2, 0.25) is 11.8 Å². The second kappa shape index (κ2) is 14.1. The molecule has 4 aromatic carbocycles. The maximum Gasteiger partial charge on any atom is 0.224 e. The van der Waals surface area contributed by atoms with Crippen LogP contribution in [0.4, 0.5) is 0 Å². The van der Waals surface area contributed by atoms with Crippen LogP contribution in [0.1, 0.15) is 60.3 Å². The Morgan fingerprint density at radius 1 is 0.711 bits per heavy atom. The van der Waals surface area contributed by atoms with Crippen LogP contribution in [-0.2, 0) is 28.9 Å². The predicted molar refractivity (Wildman–Crippen MR) is 156 cm³/mol. The Bertz CT molecular complexity index is 1320. The number of unbranched alkanes of at least 4 members (excludes halogenated alkanes) is 2. The summed E-state index contributed by atoms with van der Waals surface area (Å²) < 4.78 is 0. The van der Waals surface area contributed by atoms with E-state index in [1.807, 2.05) is 18.2 Å². The third-order valence-electron chi connectivity index (χ3n) is 7.25. The normalized spacial score (nSPS) is 11.8. The smallest absolute Gasteiger partial charge is 0.224 e. The lowest BCUT2D eigenvalue weighted by atomic mass is 9.85. The molecule has 0 saturated heterocycles. The first-order valence-electron chi connectivity index (χ1n) is 13.7. The Balaban J connectivity index is 1.44. The summed E-state index contributed by atoms with van der Waals surface area (Å²) in [6.45, 7) is 0.636. The minimum absolute atomic E-state index is 0.0527. The first kappa shape index (κ1) is 27.1. The maximum atomic E-state index is 12.8. The van der Waals surface area contributed by atoms with Gasteiger partial charge in [-0.05, 0) is 64.6 Å². The molecule has 0 aliphatic carbocycles. The first-order valence-corrected chi connectivity index (χ1v) is 13.7. The fourth-order valence-corrected chi connectivity index (χ4v) is 5.23. The van der Waals surface area contributed by atoms with Crippen molar-refractivity contribution in [2.45, 2.75) is 57.3 Å². The minimum Gasteiger partial charge on any atom is -0.370 e. The number of nitrogens with one attached hydrogen (secondary N) is 1. The molecule has 2 amide bonds. The second-order valence-electron chi connectivity index (χ2n) is 10.1. The largest absolute Gasteiger partial charge is 0.370 e. The van der Waals surface area contributed by atoms with E-state index in [2.05, 4.69) is 84.2 Å². The number of hydrogen-bond donors (Lipinski definition) is 2. The third kappa shape index (κ3) is 8.04. The van der Waals surface area contributed by atoms with Crippen molar-refractivity contribution in [3.63, 3.8) is 0 Å². The maximum absolute atomic E-state index is 12.8. The lowest BCUT2D eigenvalue weighted by Gasteiger charge is -2.20. The predicted octanol–water partition coefficient (Wildman–Crippen LogP) is 6.50. The molecule has 0 aliphatic heterocycles. The highest BCUT2D eigenvalue weighted by molar-refractivity contribution is 5.92. The Morgan fingerprint density at radius 2 is 1.34 bits per heavy atom. The lowest BCUT2D eigenvalue weighted by Crippen LogP contribution is -2.27. The van der Waals surface area contributed by atoms with Gasteiger partial charge in [0.1, 0.15) is 0 Å². The van der Waals surface area contributed by atoms with Crippen LogP contribution in [0.3, 0.4) is 0 Å². The molecule has 3 N–H and O–H groups in total. The topological polar surface area (TPSA) is 72.2 Å². The van der Waals surface area contributed by atoms with Crippen molar-refractivity contribution in [3.8, 4) is 0 Å². The molecule has 0 heterocycles. The number of benzene rings is 4. The number of primary amides is 1. The van der Waals surface area contributed by atoms with Crippen molar-refractivity contribution in [2.75, 3.05) is 6.54 Å². The van der Waals surface area contributed by atoms with Gasteiger partial charge in [-0.25, -0.2) is 0 Å². The van der Waals surface area contributed by atoms with Gasteiger partial charge in [-0.15, -0.1) is 0 Å². The highest BCUT2D eigenvalue weighted by Gasteiger charge is 2.16. The summed E-state index contributed by atoms with van der Waals surface area (Å²) in [5.41, 5.74) is 10.2. The standard InChI is InChI=1S/C34H38N2O2/c35-33(37)19-9-3-8-16-28(27-14-6-2-7-15-27)24-29-20-21-30(32-18-11-10-17-31(29)32)25-34(38)36-23-22-26-12-4-1-5-13-26/h1-2,4-7,10-15,17-18,20-21,28H,3,8-9,16,19,22-25H2,(H2,35,37)(H,36,38). The van der Waals surface area contributed by atoms with Gasteiger partial charge < -0.3 is 11.1 Å². The highest BCUT2D eigenvalue weighted by atomic mass is 16.1. The van der Waals surface area contributed by atoms with Crippen molar-refractivity contribution in [1.29, 1.82) is 0 Å². The average molecular weight is 507 g/mol. The van der Waals surface area contributed by atoms with Gasteiger partial charge in [-0.1, -0.05) is 110 Å². The van der Waals surface area contributed by atoms with E-state index in [1.54, 1.807) is 0 Å². The van der Waals surface area contributed by atoms with E-state index in [0.717, 1.165) is 49.5 Å².